The second-order valence-corrected chi connectivity index (χ2v) is 14.6. The van der Waals surface area contributed by atoms with E-state index in [1.54, 1.807) is 0 Å². The molecule has 0 aromatic heterocycles. The number of aliphatic hydroxyl groups is 2. The van der Waals surface area contributed by atoms with Gasteiger partial charge >= 0.3 is 0 Å². The molecule has 6 aliphatic rings. The van der Waals surface area contributed by atoms with Gasteiger partial charge in [0.25, 0.3) is 0 Å². The predicted octanol–water partition coefficient (Wildman–Crippen LogP) is 4.94. The normalized spacial score (nSPS) is 32.4. The van der Waals surface area contributed by atoms with Gasteiger partial charge in [0.2, 0.25) is 0 Å². The smallest absolute Gasteiger partial charge is 0.165 e. The summed E-state index contributed by atoms with van der Waals surface area (Å²) in [5.74, 6) is 2.37. The Balaban J connectivity index is 1.13. The van der Waals surface area contributed by atoms with Crippen molar-refractivity contribution in [1.29, 1.82) is 0 Å². The van der Waals surface area contributed by atoms with Crippen LogP contribution in [0.2, 0.25) is 0 Å². The number of benzene rings is 3. The highest BCUT2D eigenvalue weighted by Gasteiger charge is 2.75. The van der Waals surface area contributed by atoms with Gasteiger partial charge in [-0.25, -0.2) is 0 Å². The van der Waals surface area contributed by atoms with Crippen molar-refractivity contribution < 1.29 is 33.9 Å². The van der Waals surface area contributed by atoms with Crippen molar-refractivity contribution in [2.75, 3.05) is 32.9 Å². The fraction of sp³-hybridized carbons (Fsp3) is 0.538. The van der Waals surface area contributed by atoms with Gasteiger partial charge in [0.05, 0.1) is 30.8 Å². The van der Waals surface area contributed by atoms with Crippen LogP contribution in [0.5, 0.6) is 11.5 Å². The van der Waals surface area contributed by atoms with Crippen molar-refractivity contribution in [2.24, 2.45) is 11.8 Å². The molecule has 3 aromatic rings. The van der Waals surface area contributed by atoms with E-state index in [1.807, 2.05) is 48.5 Å². The molecule has 2 saturated heterocycles. The minimum Gasteiger partial charge on any atom is -0.485 e. The van der Waals surface area contributed by atoms with Crippen LogP contribution in [-0.2, 0) is 32.7 Å². The third-order valence-corrected chi connectivity index (χ3v) is 12.0. The van der Waals surface area contributed by atoms with E-state index in [-0.39, 0.29) is 31.0 Å². The third-order valence-electron chi connectivity index (χ3n) is 12.0. The predicted molar refractivity (Wildman–Crippen MR) is 174 cm³/mol. The highest BCUT2D eigenvalue weighted by molar-refractivity contribution is 5.63. The van der Waals surface area contributed by atoms with Gasteiger partial charge in [-0.3, -0.25) is 4.90 Å². The summed E-state index contributed by atoms with van der Waals surface area (Å²) >= 11 is 0. The fourth-order valence-corrected chi connectivity index (χ4v) is 9.72. The van der Waals surface area contributed by atoms with Crippen LogP contribution in [0.25, 0.3) is 0 Å². The maximum Gasteiger partial charge on any atom is 0.165 e. The summed E-state index contributed by atoms with van der Waals surface area (Å²) in [5.41, 5.74) is 3.23. The Hall–Kier alpha value is -2.98. The minimum absolute atomic E-state index is 0.0324. The number of nitrogens with zero attached hydrogens (tertiary/aromatic N) is 1. The van der Waals surface area contributed by atoms with Gasteiger partial charge in [-0.2, -0.15) is 0 Å². The zero-order valence-corrected chi connectivity index (χ0v) is 26.8. The number of hydrogen-bond donors (Lipinski definition) is 2. The number of likely N-dealkylation sites (tertiary alicyclic amines) is 1. The van der Waals surface area contributed by atoms with Crippen LogP contribution in [0, 0.1) is 11.8 Å². The summed E-state index contributed by atoms with van der Waals surface area (Å²) in [6, 6.07) is 24.1. The maximum absolute atomic E-state index is 11.4. The molecule has 3 heterocycles. The van der Waals surface area contributed by atoms with E-state index < -0.39 is 23.2 Å². The van der Waals surface area contributed by atoms with E-state index in [0.29, 0.717) is 25.4 Å². The van der Waals surface area contributed by atoms with Crippen LogP contribution >= 0.6 is 0 Å². The molecule has 3 aromatic carbocycles. The molecular formula is C39H45NO7. The summed E-state index contributed by atoms with van der Waals surface area (Å²) in [7, 11) is 0. The lowest BCUT2D eigenvalue weighted by Gasteiger charge is -2.66. The lowest BCUT2D eigenvalue weighted by Crippen LogP contribution is -2.78. The molecule has 47 heavy (non-hydrogen) atoms. The number of ether oxygens (including phenoxy) is 5. The Morgan fingerprint density at radius 3 is 2.43 bits per heavy atom. The van der Waals surface area contributed by atoms with Gasteiger partial charge < -0.3 is 33.9 Å². The van der Waals surface area contributed by atoms with Gasteiger partial charge in [-0.05, 0) is 73.7 Å². The van der Waals surface area contributed by atoms with Crippen LogP contribution in [-0.4, -0.2) is 78.2 Å². The Kier molecular flexibility index (Phi) is 7.60. The quantitative estimate of drug-likeness (QED) is 0.305. The fourth-order valence-electron chi connectivity index (χ4n) is 9.72. The van der Waals surface area contributed by atoms with Crippen molar-refractivity contribution >= 4 is 0 Å². The molecule has 2 bridgehead atoms. The van der Waals surface area contributed by atoms with Crippen molar-refractivity contribution in [3.8, 4) is 11.5 Å². The average molecular weight is 640 g/mol. The summed E-state index contributed by atoms with van der Waals surface area (Å²) in [6.07, 6.45) is 3.28. The van der Waals surface area contributed by atoms with E-state index >= 15 is 0 Å². The van der Waals surface area contributed by atoms with Gasteiger partial charge in [0.15, 0.2) is 17.8 Å². The molecule has 9 rings (SSSR count). The SMILES string of the molecule is OC(COC12CCC(C3OCCO3)[C@@H]3Oc4c(OCc5ccccc5)ccc5c4[C@@]31CCN(CC1CC1)[C@@H]2C5)C(O)c1ccccc1. The van der Waals surface area contributed by atoms with E-state index in [2.05, 4.69) is 29.2 Å². The molecule has 0 amide bonds. The van der Waals surface area contributed by atoms with Gasteiger partial charge in [-0.1, -0.05) is 66.7 Å². The van der Waals surface area contributed by atoms with Crippen LogP contribution in [0.15, 0.2) is 72.8 Å². The molecule has 1 spiro atoms. The Morgan fingerprint density at radius 1 is 0.894 bits per heavy atom. The zero-order valence-electron chi connectivity index (χ0n) is 26.8. The van der Waals surface area contributed by atoms with Crippen molar-refractivity contribution in [2.45, 2.75) is 86.8 Å². The van der Waals surface area contributed by atoms with Crippen LogP contribution < -0.4 is 9.47 Å². The largest absolute Gasteiger partial charge is 0.485 e. The zero-order chi connectivity index (χ0) is 31.6. The first-order valence-corrected chi connectivity index (χ1v) is 17.6. The first kappa shape index (κ1) is 30.1. The highest BCUT2D eigenvalue weighted by atomic mass is 16.7. The van der Waals surface area contributed by atoms with Crippen molar-refractivity contribution in [3.05, 3.63) is 95.1 Å². The molecule has 2 saturated carbocycles. The maximum atomic E-state index is 11.4. The van der Waals surface area contributed by atoms with Crippen LogP contribution in [0.3, 0.4) is 0 Å². The first-order chi connectivity index (χ1) is 23.1. The number of rotatable bonds is 11. The lowest BCUT2D eigenvalue weighted by atomic mass is 9.47. The van der Waals surface area contributed by atoms with E-state index in [0.717, 1.165) is 61.8 Å². The molecule has 4 unspecified atom stereocenters. The second-order valence-electron chi connectivity index (χ2n) is 14.6. The van der Waals surface area contributed by atoms with Gasteiger partial charge in [0.1, 0.15) is 24.9 Å². The van der Waals surface area contributed by atoms with Crippen molar-refractivity contribution in [1.82, 2.24) is 4.90 Å². The molecule has 3 aliphatic carbocycles. The molecule has 7 atom stereocenters. The molecule has 2 N–H and O–H groups in total. The standard InChI is InChI=1S/C39H45NO7/c41-30(34(42)27-9-5-2-6-10-27)24-46-39-16-15-29(37-43-19-20-44-37)36-38(39)17-18-40(22-25-11-12-25)32(39)21-28-13-14-31(35(47-36)33(28)38)45-23-26-7-3-1-4-8-26/h1-10,13-14,25,29-30,32,34,36-37,41-42H,11-12,15-24H2/t29?,30?,32-,34?,36+,38+,39?/m1/s1. The summed E-state index contributed by atoms with van der Waals surface area (Å²) in [6.45, 7) is 3.71. The molecule has 8 nitrogen and oxygen atoms in total. The van der Waals surface area contributed by atoms with Crippen molar-refractivity contribution in [3.63, 3.8) is 0 Å². The highest BCUT2D eigenvalue weighted by Crippen LogP contribution is 2.68. The van der Waals surface area contributed by atoms with Gasteiger partial charge in [0, 0.05) is 24.1 Å². The average Bonchev–Trinajstić information content (AvgIpc) is 3.62. The second kappa shape index (κ2) is 11.9. The summed E-state index contributed by atoms with van der Waals surface area (Å²) in [5, 5.41) is 22.6. The Morgan fingerprint density at radius 2 is 1.66 bits per heavy atom. The molecule has 248 valence electrons. The van der Waals surface area contributed by atoms with Crippen LogP contribution in [0.4, 0.5) is 0 Å². The monoisotopic (exact) mass is 639 g/mol. The molecule has 3 aliphatic heterocycles. The molecular weight excluding hydrogens is 594 g/mol. The minimum atomic E-state index is -1.07. The summed E-state index contributed by atoms with van der Waals surface area (Å²) in [4.78, 5) is 2.68. The number of piperidine rings is 1. The molecule has 4 fully saturated rings. The first-order valence-electron chi connectivity index (χ1n) is 17.6. The lowest BCUT2D eigenvalue weighted by molar-refractivity contribution is -0.253. The Labute approximate surface area is 276 Å². The van der Waals surface area contributed by atoms with Gasteiger partial charge in [-0.15, -0.1) is 0 Å². The molecule has 0 radical (unpaired) electrons. The van der Waals surface area contributed by atoms with E-state index in [9.17, 15) is 10.2 Å². The van der Waals surface area contributed by atoms with E-state index in [1.165, 1.54) is 24.0 Å². The molecule has 8 heteroatoms. The van der Waals surface area contributed by atoms with Crippen LogP contribution in [0.1, 0.15) is 60.5 Å². The topological polar surface area (TPSA) is 89.9 Å². The number of hydrogen-bond acceptors (Lipinski definition) is 8. The number of aliphatic hydroxyl groups excluding tert-OH is 2. The van der Waals surface area contributed by atoms with E-state index in [4.69, 9.17) is 23.7 Å². The third kappa shape index (κ3) is 4.86. The Bertz CT molecular complexity index is 1580. The summed E-state index contributed by atoms with van der Waals surface area (Å²) < 4.78 is 33.4.